The first-order valence-corrected chi connectivity index (χ1v) is 16.8. The normalized spacial score (nSPS) is 21.8. The van der Waals surface area contributed by atoms with Gasteiger partial charge in [0.05, 0.1) is 11.7 Å². The third kappa shape index (κ3) is 6.90. The highest BCUT2D eigenvalue weighted by Gasteiger charge is 2.54. The molecule has 3 amide bonds. The summed E-state index contributed by atoms with van der Waals surface area (Å²) in [5, 5.41) is 30.3. The Balaban J connectivity index is 1.21. The van der Waals surface area contributed by atoms with Crippen LogP contribution in [0, 0.1) is 0 Å². The molecule has 19 heteroatoms. The molecule has 7 N–H and O–H groups in total. The van der Waals surface area contributed by atoms with Crippen molar-refractivity contribution in [2.24, 2.45) is 5.16 Å². The minimum Gasteiger partial charge on any atom is -0.477 e. The number of oxime groups is 1. The number of nitrogens with one attached hydrogen (secondary N) is 3. The van der Waals surface area contributed by atoms with Gasteiger partial charge in [0.25, 0.3) is 11.8 Å². The maximum atomic E-state index is 13.1. The van der Waals surface area contributed by atoms with Crippen molar-refractivity contribution in [3.8, 4) is 0 Å². The Morgan fingerprint density at radius 3 is 2.86 bits per heavy atom. The van der Waals surface area contributed by atoms with Crippen molar-refractivity contribution < 1.29 is 29.5 Å². The summed E-state index contributed by atoms with van der Waals surface area (Å²) in [6.07, 6.45) is 3.51. The molecule has 5 heterocycles. The number of carboxylic acid groups (broad SMARTS) is 1. The molecular formula is C24H27N9O6S4. The first kappa shape index (κ1) is 31.0. The Morgan fingerprint density at radius 2 is 2.16 bits per heavy atom. The number of rotatable bonds is 12. The van der Waals surface area contributed by atoms with Crippen molar-refractivity contribution in [1.82, 2.24) is 35.2 Å². The number of aliphatic carboxylic acids is 1. The second-order valence-electron chi connectivity index (χ2n) is 9.39. The average molecular weight is 666 g/mol. The monoisotopic (exact) mass is 665 g/mol. The molecule has 2 fully saturated rings. The number of nitrogens with zero attached hydrogens (tertiary/aromatic N) is 5. The van der Waals surface area contributed by atoms with Gasteiger partial charge in [0.2, 0.25) is 17.4 Å². The van der Waals surface area contributed by atoms with Crippen LogP contribution in [0.1, 0.15) is 24.4 Å². The van der Waals surface area contributed by atoms with E-state index < -0.39 is 34.9 Å². The molecule has 2 aromatic rings. The van der Waals surface area contributed by atoms with E-state index in [1.165, 1.54) is 23.5 Å². The van der Waals surface area contributed by atoms with Crippen molar-refractivity contribution in [1.29, 1.82) is 0 Å². The zero-order valence-corrected chi connectivity index (χ0v) is 25.7. The van der Waals surface area contributed by atoms with E-state index in [0.717, 1.165) is 46.4 Å². The number of anilines is 1. The molecule has 0 bridgehead atoms. The van der Waals surface area contributed by atoms with Gasteiger partial charge in [0, 0.05) is 51.3 Å². The van der Waals surface area contributed by atoms with Gasteiger partial charge in [-0.15, -0.1) is 11.8 Å². The van der Waals surface area contributed by atoms with E-state index in [0.29, 0.717) is 23.0 Å². The number of pyridine rings is 1. The predicted molar refractivity (Wildman–Crippen MR) is 163 cm³/mol. The molecule has 228 valence electrons. The van der Waals surface area contributed by atoms with Gasteiger partial charge >= 0.3 is 5.97 Å². The van der Waals surface area contributed by atoms with Gasteiger partial charge in [-0.05, 0) is 31.5 Å². The van der Waals surface area contributed by atoms with E-state index >= 15 is 0 Å². The van der Waals surface area contributed by atoms with Crippen LogP contribution in [-0.4, -0.2) is 101 Å². The number of fused-ring (bicyclic) bond motifs is 1. The van der Waals surface area contributed by atoms with Gasteiger partial charge in [0.15, 0.2) is 5.13 Å². The van der Waals surface area contributed by atoms with E-state index in [1.807, 2.05) is 6.07 Å². The van der Waals surface area contributed by atoms with Crippen molar-refractivity contribution >= 4 is 81.4 Å². The molecule has 43 heavy (non-hydrogen) atoms. The van der Waals surface area contributed by atoms with E-state index in [2.05, 4.69) is 35.4 Å². The number of amides is 3. The number of hydrogen-bond acceptors (Lipinski definition) is 15. The van der Waals surface area contributed by atoms with Crippen LogP contribution in [-0.2, 0) is 24.9 Å². The summed E-state index contributed by atoms with van der Waals surface area (Å²) in [6.45, 7) is 1.39. The molecule has 0 aliphatic carbocycles. The van der Waals surface area contributed by atoms with Crippen LogP contribution >= 0.6 is 46.8 Å². The van der Waals surface area contributed by atoms with Gasteiger partial charge in [0.1, 0.15) is 17.1 Å². The summed E-state index contributed by atoms with van der Waals surface area (Å²) in [6, 6.07) is 2.45. The standard InChI is InChI=1S/C24H27N9O6S4/c25-24-30-18(32-43-24)15(31-39)20(35)29-16-21(36)33-17(23(37)38)14(10-41-22(16)33)42-13-4-2-6-27-12(13)9-40-8-7-28-19(34)11-3-1-5-26-11/h2,4,6,11,16,22,26,39H,1,3,5,7-10H2,(H,28,34)(H,29,35)(H,37,38)(H2,25,30,32)/b31-15-/t11-,16?,22?/m0/s1. The number of carbonyl (C=O) groups excluding carboxylic acids is 3. The first-order valence-electron chi connectivity index (χ1n) is 13.0. The van der Waals surface area contributed by atoms with Crippen LogP contribution in [0.25, 0.3) is 0 Å². The largest absolute Gasteiger partial charge is 0.477 e. The maximum absolute atomic E-state index is 13.1. The molecule has 3 aliphatic heterocycles. The summed E-state index contributed by atoms with van der Waals surface area (Å²) in [7, 11) is 0. The number of carboxylic acids is 1. The molecular weight excluding hydrogens is 639 g/mol. The number of nitrogens with two attached hydrogens (primary N) is 1. The highest BCUT2D eigenvalue weighted by molar-refractivity contribution is 8.06. The molecule has 5 rings (SSSR count). The summed E-state index contributed by atoms with van der Waals surface area (Å²) in [4.78, 5) is 61.0. The molecule has 15 nitrogen and oxygen atoms in total. The van der Waals surface area contributed by atoms with Crippen molar-refractivity contribution in [3.63, 3.8) is 0 Å². The van der Waals surface area contributed by atoms with Crippen LogP contribution in [0.15, 0.2) is 39.0 Å². The van der Waals surface area contributed by atoms with Gasteiger partial charge in [-0.25, -0.2) is 4.79 Å². The molecule has 3 atom stereocenters. The zero-order chi connectivity index (χ0) is 30.5. The minimum atomic E-state index is -1.27. The van der Waals surface area contributed by atoms with E-state index in [9.17, 15) is 29.5 Å². The Hall–Kier alpha value is -3.39. The number of carbonyl (C=O) groups is 4. The third-order valence-corrected chi connectivity index (χ3v) is 10.8. The fraction of sp³-hybridized carbons (Fsp3) is 0.417. The van der Waals surface area contributed by atoms with Gasteiger partial charge in [-0.2, -0.15) is 21.1 Å². The molecule has 0 radical (unpaired) electrons. The first-order chi connectivity index (χ1) is 20.8. The van der Waals surface area contributed by atoms with Gasteiger partial charge in [-0.1, -0.05) is 16.9 Å². The Morgan fingerprint density at radius 1 is 1.33 bits per heavy atom. The maximum Gasteiger partial charge on any atom is 0.353 e. The molecule has 3 aliphatic rings. The Kier molecular flexibility index (Phi) is 10.1. The van der Waals surface area contributed by atoms with Crippen LogP contribution in [0.3, 0.4) is 0 Å². The van der Waals surface area contributed by atoms with Crippen molar-refractivity contribution in [2.45, 2.75) is 40.9 Å². The summed E-state index contributed by atoms with van der Waals surface area (Å²) in [5.41, 5.74) is 5.63. The smallest absolute Gasteiger partial charge is 0.353 e. The lowest BCUT2D eigenvalue weighted by Crippen LogP contribution is -2.71. The molecule has 0 aromatic carbocycles. The van der Waals surface area contributed by atoms with Crippen molar-refractivity contribution in [2.75, 3.05) is 30.3 Å². The lowest BCUT2D eigenvalue weighted by Gasteiger charge is -2.49. The summed E-state index contributed by atoms with van der Waals surface area (Å²) in [5.74, 6) is -1.43. The van der Waals surface area contributed by atoms with Crippen LogP contribution < -0.4 is 21.7 Å². The Labute approximate surface area is 262 Å². The number of β-lactam (4-membered cyclic amide) rings is 1. The SMILES string of the molecule is Nc1nc(/C(=N/O)C(=O)NC2C(=O)N3C(C(=O)O)=C(Sc4cccnc4CSCCNC(=O)[C@@H]4CCCN4)CSC23)ns1. The van der Waals surface area contributed by atoms with E-state index in [-0.39, 0.29) is 34.4 Å². The van der Waals surface area contributed by atoms with Gasteiger partial charge < -0.3 is 32.0 Å². The van der Waals surface area contributed by atoms with Gasteiger partial charge in [-0.3, -0.25) is 24.3 Å². The number of aromatic nitrogens is 3. The van der Waals surface area contributed by atoms with E-state index in [1.54, 1.807) is 24.0 Å². The van der Waals surface area contributed by atoms with Crippen LogP contribution in [0.2, 0.25) is 0 Å². The molecule has 0 saturated carbocycles. The second-order valence-corrected chi connectivity index (χ2v) is 13.5. The number of nitrogen functional groups attached to an aromatic ring is 1. The molecule has 2 unspecified atom stereocenters. The molecule has 2 aromatic heterocycles. The third-order valence-electron chi connectivity index (χ3n) is 6.63. The van der Waals surface area contributed by atoms with E-state index in [4.69, 9.17) is 5.73 Å². The van der Waals surface area contributed by atoms with Crippen LogP contribution in [0.5, 0.6) is 0 Å². The lowest BCUT2D eigenvalue weighted by molar-refractivity contribution is -0.150. The number of thioether (sulfide) groups is 3. The summed E-state index contributed by atoms with van der Waals surface area (Å²) >= 11 is 4.95. The second kappa shape index (κ2) is 13.9. The quantitative estimate of drug-likeness (QED) is 0.0589. The summed E-state index contributed by atoms with van der Waals surface area (Å²) < 4.78 is 3.84. The number of hydrogen-bond donors (Lipinski definition) is 6. The minimum absolute atomic E-state index is 0.0133. The zero-order valence-electron chi connectivity index (χ0n) is 22.4. The fourth-order valence-electron chi connectivity index (χ4n) is 4.61. The van der Waals surface area contributed by atoms with Crippen LogP contribution in [0.4, 0.5) is 5.13 Å². The average Bonchev–Trinajstić information content (AvgIpc) is 3.69. The fourth-order valence-corrected chi connectivity index (χ4v) is 8.52. The highest BCUT2D eigenvalue weighted by atomic mass is 32.2. The Bertz CT molecular complexity index is 1480. The molecule has 2 saturated heterocycles. The van der Waals surface area contributed by atoms with Crippen molar-refractivity contribution in [3.05, 3.63) is 40.5 Å². The topological polar surface area (TPSA) is 225 Å². The molecule has 0 spiro atoms. The predicted octanol–water partition coefficient (Wildman–Crippen LogP) is 0.283. The lowest BCUT2D eigenvalue weighted by atomic mass is 10.0. The highest BCUT2D eigenvalue weighted by Crippen LogP contribution is 2.45.